The van der Waals surface area contributed by atoms with E-state index in [0.717, 1.165) is 11.1 Å². The average molecular weight is 735 g/mol. The molecule has 2 heterocycles. The van der Waals surface area contributed by atoms with Gasteiger partial charge >= 0.3 is 22.8 Å². The second kappa shape index (κ2) is 17.5. The van der Waals surface area contributed by atoms with Gasteiger partial charge in [0, 0.05) is 98.3 Å². The number of hydrogen-bond donors (Lipinski definition) is 7. The van der Waals surface area contributed by atoms with Crippen molar-refractivity contribution in [2.24, 2.45) is 0 Å². The van der Waals surface area contributed by atoms with E-state index in [4.69, 9.17) is 0 Å². The van der Waals surface area contributed by atoms with Crippen molar-refractivity contribution in [1.82, 2.24) is 29.4 Å². The molecule has 46 heavy (non-hydrogen) atoms. The molecule has 17 nitrogen and oxygen atoms in total. The van der Waals surface area contributed by atoms with E-state index in [1.165, 1.54) is 6.66 Å². The summed E-state index contributed by atoms with van der Waals surface area (Å²) in [6.07, 6.45) is -1.27. The van der Waals surface area contributed by atoms with Crippen molar-refractivity contribution in [2.45, 2.75) is 13.1 Å². The van der Waals surface area contributed by atoms with Crippen LogP contribution in [0, 0.1) is 0 Å². The summed E-state index contributed by atoms with van der Waals surface area (Å²) >= 11 is 0. The van der Waals surface area contributed by atoms with Gasteiger partial charge in [-0.25, -0.2) is 0 Å². The molecule has 7 N–H and O–H groups in total. The molecule has 1 unspecified atom stereocenters. The van der Waals surface area contributed by atoms with Crippen LogP contribution in [0.3, 0.4) is 0 Å². The quantitative estimate of drug-likeness (QED) is 0.138. The van der Waals surface area contributed by atoms with Crippen molar-refractivity contribution in [3.63, 3.8) is 0 Å². The van der Waals surface area contributed by atoms with Crippen LogP contribution in [0.2, 0.25) is 0 Å². The van der Waals surface area contributed by atoms with Gasteiger partial charge in [0.15, 0.2) is 0 Å². The predicted octanol–water partition coefficient (Wildman–Crippen LogP) is -0.211. The van der Waals surface area contributed by atoms with Gasteiger partial charge in [-0.2, -0.15) is 0 Å². The maximum Gasteiger partial charge on any atom is 0.339 e. The molecular weight excluding hydrogens is 684 g/mol. The molecule has 2 fully saturated rings. The molecule has 0 bridgehead atoms. The van der Waals surface area contributed by atoms with Gasteiger partial charge in [-0.1, -0.05) is 24.3 Å². The van der Waals surface area contributed by atoms with Crippen LogP contribution in [0.15, 0.2) is 24.3 Å². The molecule has 0 aliphatic carbocycles. The van der Waals surface area contributed by atoms with Crippen molar-refractivity contribution in [2.75, 3.05) is 110 Å². The molecule has 1 aromatic carbocycles. The molecule has 21 heteroatoms. The Balaban J connectivity index is 1.72. The Labute approximate surface area is 270 Å². The maximum absolute atomic E-state index is 12.2. The Morgan fingerprint density at radius 2 is 0.739 bits per heavy atom. The maximum atomic E-state index is 12.2. The van der Waals surface area contributed by atoms with E-state index in [0.29, 0.717) is 78.5 Å². The summed E-state index contributed by atoms with van der Waals surface area (Å²) in [5.41, 5.74) is 1.99. The highest BCUT2D eigenvalue weighted by atomic mass is 31.2. The van der Waals surface area contributed by atoms with Crippen LogP contribution >= 0.6 is 30.2 Å². The van der Waals surface area contributed by atoms with Gasteiger partial charge < -0.3 is 34.3 Å². The van der Waals surface area contributed by atoms with E-state index in [-0.39, 0.29) is 25.7 Å². The fourth-order valence-electron chi connectivity index (χ4n) is 5.75. The van der Waals surface area contributed by atoms with Crippen LogP contribution in [0.5, 0.6) is 0 Å². The Hall–Kier alpha value is -0.380. The first-order chi connectivity index (χ1) is 21.2. The van der Waals surface area contributed by atoms with Crippen molar-refractivity contribution < 1.29 is 52.5 Å². The van der Waals surface area contributed by atoms with Crippen LogP contribution in [0.1, 0.15) is 11.1 Å². The first-order valence-corrected chi connectivity index (χ1v) is 22.7. The molecule has 0 radical (unpaired) electrons. The van der Waals surface area contributed by atoms with Crippen LogP contribution in [0.4, 0.5) is 0 Å². The molecular formula is C25H50N6O11P4. The molecule has 1 atom stereocenters. The summed E-state index contributed by atoms with van der Waals surface area (Å²) < 4.78 is 47.3. The normalized spacial score (nSPS) is 22.3. The predicted molar refractivity (Wildman–Crippen MR) is 175 cm³/mol. The minimum Gasteiger partial charge on any atom is -0.344 e. The minimum absolute atomic E-state index is 0.00686. The fourth-order valence-corrected chi connectivity index (χ4v) is 9.18. The smallest absolute Gasteiger partial charge is 0.339 e. The van der Waals surface area contributed by atoms with E-state index in [1.807, 2.05) is 23.1 Å². The van der Waals surface area contributed by atoms with E-state index in [1.54, 1.807) is 14.7 Å². The molecule has 3 rings (SSSR count). The van der Waals surface area contributed by atoms with E-state index in [9.17, 15) is 52.5 Å². The van der Waals surface area contributed by atoms with E-state index < -0.39 is 42.7 Å². The first-order valence-electron chi connectivity index (χ1n) is 15.1. The average Bonchev–Trinajstić information content (AvgIpc) is 3.02. The van der Waals surface area contributed by atoms with Crippen molar-refractivity contribution >= 4 is 30.2 Å². The molecule has 0 amide bonds. The lowest BCUT2D eigenvalue weighted by molar-refractivity contribution is 0.215. The summed E-state index contributed by atoms with van der Waals surface area (Å²) in [6.45, 7) is 7.47. The standard InChI is InChI=1S/C25H50N6O11P4/c1-43(32,33)20-28-9-5-26(6-10-29(14-13-28)21-44(34,35)36)18-24-3-2-4-25(17-24)19-27-7-11-30(22-45(37,38)39)15-16-31(12-8-27)23-46(40,41)42/h2-4,17H,5-16,18-23H2,1H3,(H,32,33)(H2,34,35,36)(H2,37,38,39)(H2,40,41,42). The highest BCUT2D eigenvalue weighted by Gasteiger charge is 2.27. The molecule has 2 aliphatic rings. The fraction of sp³-hybridized carbons (Fsp3) is 0.760. The molecule has 2 saturated heterocycles. The summed E-state index contributed by atoms with van der Waals surface area (Å²) in [7, 11) is -16.3. The lowest BCUT2D eigenvalue weighted by atomic mass is 10.1. The molecule has 2 aliphatic heterocycles. The second-order valence-electron chi connectivity index (χ2n) is 12.5. The van der Waals surface area contributed by atoms with Gasteiger partial charge in [0.2, 0.25) is 7.37 Å². The monoisotopic (exact) mass is 734 g/mol. The number of rotatable bonds is 12. The van der Waals surface area contributed by atoms with Gasteiger partial charge in [0.05, 0.1) is 6.29 Å². The second-order valence-corrected chi connectivity index (χ2v) is 19.7. The van der Waals surface area contributed by atoms with Crippen molar-refractivity contribution in [1.29, 1.82) is 0 Å². The van der Waals surface area contributed by atoms with Crippen LogP contribution in [-0.4, -0.2) is 174 Å². The minimum atomic E-state index is -4.33. The zero-order valence-corrected chi connectivity index (χ0v) is 29.9. The lowest BCUT2D eigenvalue weighted by Gasteiger charge is -2.27. The van der Waals surface area contributed by atoms with Gasteiger partial charge in [-0.3, -0.25) is 47.7 Å². The van der Waals surface area contributed by atoms with Crippen LogP contribution in [0.25, 0.3) is 0 Å². The highest BCUT2D eigenvalue weighted by Crippen LogP contribution is 2.38. The highest BCUT2D eigenvalue weighted by molar-refractivity contribution is 7.57. The molecule has 1 aromatic rings. The molecule has 0 aromatic heterocycles. The topological polar surface area (TPSA) is 229 Å². The zero-order valence-electron chi connectivity index (χ0n) is 26.3. The Kier molecular flexibility index (Phi) is 15.3. The number of hydrogen-bond acceptors (Lipinski definition) is 10. The number of benzene rings is 1. The largest absolute Gasteiger partial charge is 0.344 e. The summed E-state index contributed by atoms with van der Waals surface area (Å²) in [5.74, 6) is 0. The van der Waals surface area contributed by atoms with Crippen molar-refractivity contribution in [3.8, 4) is 0 Å². The molecule has 0 saturated carbocycles. The third-order valence-corrected chi connectivity index (χ3v) is 11.0. The lowest BCUT2D eigenvalue weighted by Crippen LogP contribution is -2.36. The Morgan fingerprint density at radius 1 is 0.478 bits per heavy atom. The Bertz CT molecular complexity index is 1140. The van der Waals surface area contributed by atoms with Crippen LogP contribution in [-0.2, 0) is 31.3 Å². The Morgan fingerprint density at radius 3 is 1.00 bits per heavy atom. The van der Waals surface area contributed by atoms with Crippen molar-refractivity contribution in [3.05, 3.63) is 35.4 Å². The summed E-state index contributed by atoms with van der Waals surface area (Å²) in [4.78, 5) is 78.4. The third-order valence-electron chi connectivity index (χ3n) is 7.81. The first kappa shape index (κ1) is 40.1. The third kappa shape index (κ3) is 17.3. The van der Waals surface area contributed by atoms with E-state index >= 15 is 0 Å². The molecule has 266 valence electrons. The molecule has 0 spiro atoms. The zero-order chi connectivity index (χ0) is 34.2. The van der Waals surface area contributed by atoms with E-state index in [2.05, 4.69) is 15.9 Å². The van der Waals surface area contributed by atoms with Gasteiger partial charge in [-0.15, -0.1) is 0 Å². The summed E-state index contributed by atoms with van der Waals surface area (Å²) in [6, 6.07) is 7.94. The van der Waals surface area contributed by atoms with Crippen LogP contribution < -0.4 is 0 Å². The van der Waals surface area contributed by atoms with Gasteiger partial charge in [-0.05, 0) is 11.1 Å². The summed E-state index contributed by atoms with van der Waals surface area (Å²) in [5, 5.41) is 0. The SMILES string of the molecule is CP(=O)(O)CN1CCN(Cc2cccc(CN3CCN(CP(=O)(O)O)CCN(CP(=O)(O)O)CC3)c2)CCN(CP(=O)(O)O)CC1. The van der Waals surface area contributed by atoms with Gasteiger partial charge in [0.25, 0.3) is 0 Å². The van der Waals surface area contributed by atoms with Gasteiger partial charge in [0.1, 0.15) is 18.9 Å². The number of nitrogens with zero attached hydrogens (tertiary/aromatic N) is 6.